The normalized spacial score (nSPS) is 28.7. The molecule has 1 saturated heterocycles. The highest BCUT2D eigenvalue weighted by Gasteiger charge is 2.43. The Morgan fingerprint density at radius 1 is 1.17 bits per heavy atom. The average Bonchev–Trinajstić information content (AvgIpc) is 2.48. The minimum absolute atomic E-state index is 0.0328. The number of aliphatic hydroxyl groups is 1. The van der Waals surface area contributed by atoms with Crippen LogP contribution in [0.15, 0.2) is 0 Å². The molecule has 0 bridgehead atoms. The first kappa shape index (κ1) is 16.1. The van der Waals surface area contributed by atoms with Gasteiger partial charge in [0.2, 0.25) is 0 Å². The Morgan fingerprint density at radius 3 is 2.11 bits per heavy atom. The second-order valence-corrected chi connectivity index (χ2v) is 11.8. The van der Waals surface area contributed by atoms with Crippen molar-refractivity contribution in [1.29, 1.82) is 0 Å². The lowest BCUT2D eigenvalue weighted by molar-refractivity contribution is -0.151. The molecule has 108 valence electrons. The number of hydrogen-bond donors (Lipinski definition) is 1. The standard InChI is InChI=1S/C13H28O4Si/c1-12(2,3)18(6,7)15-9-11-10(8-14)16-13(4,5)17-11/h10-11,14H,8-9H2,1-7H3/t10-,11-/m1/s1. The van der Waals surface area contributed by atoms with Gasteiger partial charge in [-0.3, -0.25) is 0 Å². The van der Waals surface area contributed by atoms with E-state index in [2.05, 4.69) is 33.9 Å². The molecule has 1 fully saturated rings. The topological polar surface area (TPSA) is 47.9 Å². The van der Waals surface area contributed by atoms with E-state index in [0.29, 0.717) is 6.61 Å². The molecule has 1 rings (SSSR count). The molecule has 1 heterocycles. The molecule has 1 N–H and O–H groups in total. The molecule has 0 amide bonds. The van der Waals surface area contributed by atoms with Crippen LogP contribution in [0.5, 0.6) is 0 Å². The summed E-state index contributed by atoms with van der Waals surface area (Å²) in [5, 5.41) is 9.49. The van der Waals surface area contributed by atoms with Crippen LogP contribution in [0.2, 0.25) is 18.1 Å². The predicted octanol–water partition coefficient (Wildman–Crippen LogP) is 2.52. The molecule has 1 aliphatic heterocycles. The molecular formula is C13H28O4Si. The lowest BCUT2D eigenvalue weighted by Crippen LogP contribution is -2.44. The van der Waals surface area contributed by atoms with E-state index < -0.39 is 14.1 Å². The van der Waals surface area contributed by atoms with Gasteiger partial charge in [-0.25, -0.2) is 0 Å². The molecule has 5 heteroatoms. The molecule has 0 aromatic carbocycles. The smallest absolute Gasteiger partial charge is 0.192 e. The van der Waals surface area contributed by atoms with Crippen LogP contribution in [0.4, 0.5) is 0 Å². The first-order chi connectivity index (χ1) is 7.98. The quantitative estimate of drug-likeness (QED) is 0.802. The van der Waals surface area contributed by atoms with Gasteiger partial charge in [-0.05, 0) is 32.0 Å². The summed E-state index contributed by atoms with van der Waals surface area (Å²) in [4.78, 5) is 0. The van der Waals surface area contributed by atoms with Crippen LogP contribution in [0.25, 0.3) is 0 Å². The molecule has 18 heavy (non-hydrogen) atoms. The predicted molar refractivity (Wildman–Crippen MR) is 74.1 cm³/mol. The Bertz CT molecular complexity index is 283. The van der Waals surface area contributed by atoms with Gasteiger partial charge in [0.1, 0.15) is 12.2 Å². The third-order valence-corrected chi connectivity index (χ3v) is 8.38. The third kappa shape index (κ3) is 3.77. The molecule has 0 unspecified atom stereocenters. The van der Waals surface area contributed by atoms with E-state index >= 15 is 0 Å². The van der Waals surface area contributed by atoms with Gasteiger partial charge in [-0.2, -0.15) is 0 Å². The molecule has 1 aliphatic rings. The van der Waals surface area contributed by atoms with Crippen LogP contribution in [-0.4, -0.2) is 44.6 Å². The van der Waals surface area contributed by atoms with E-state index in [-0.39, 0.29) is 23.9 Å². The number of rotatable bonds is 4. The summed E-state index contributed by atoms with van der Waals surface area (Å²) in [6.07, 6.45) is -0.469. The van der Waals surface area contributed by atoms with Crippen LogP contribution in [0.3, 0.4) is 0 Å². The minimum Gasteiger partial charge on any atom is -0.414 e. The molecule has 0 aromatic rings. The lowest BCUT2D eigenvalue weighted by atomic mass is 10.2. The van der Waals surface area contributed by atoms with E-state index in [1.54, 1.807) is 0 Å². The van der Waals surface area contributed by atoms with Crippen molar-refractivity contribution in [2.24, 2.45) is 0 Å². The van der Waals surface area contributed by atoms with E-state index in [9.17, 15) is 5.11 Å². The summed E-state index contributed by atoms with van der Waals surface area (Å²) < 4.78 is 17.5. The summed E-state index contributed by atoms with van der Waals surface area (Å²) >= 11 is 0. The van der Waals surface area contributed by atoms with Crippen LogP contribution >= 0.6 is 0 Å². The molecule has 0 spiro atoms. The monoisotopic (exact) mass is 276 g/mol. The molecule has 0 saturated carbocycles. The van der Waals surface area contributed by atoms with Crippen molar-refractivity contribution < 1.29 is 19.0 Å². The number of hydrogen-bond acceptors (Lipinski definition) is 4. The maximum Gasteiger partial charge on any atom is 0.192 e. The molecule has 4 nitrogen and oxygen atoms in total. The van der Waals surface area contributed by atoms with E-state index in [4.69, 9.17) is 13.9 Å². The molecule has 0 aromatic heterocycles. The maximum absolute atomic E-state index is 9.31. The second-order valence-electron chi connectivity index (χ2n) is 6.97. The van der Waals surface area contributed by atoms with Gasteiger partial charge in [-0.1, -0.05) is 20.8 Å². The van der Waals surface area contributed by atoms with Crippen LogP contribution < -0.4 is 0 Å². The van der Waals surface area contributed by atoms with Crippen molar-refractivity contribution in [2.45, 2.75) is 70.7 Å². The highest BCUT2D eigenvalue weighted by atomic mass is 28.4. The Kier molecular flexibility index (Phi) is 4.66. The summed E-state index contributed by atoms with van der Waals surface area (Å²) in [6.45, 7) is 15.2. The van der Waals surface area contributed by atoms with Gasteiger partial charge < -0.3 is 19.0 Å². The van der Waals surface area contributed by atoms with Crippen molar-refractivity contribution in [1.82, 2.24) is 0 Å². The molecular weight excluding hydrogens is 248 g/mol. The first-order valence-electron chi connectivity index (χ1n) is 6.59. The van der Waals surface area contributed by atoms with Gasteiger partial charge >= 0.3 is 0 Å². The highest BCUT2D eigenvalue weighted by Crippen LogP contribution is 2.37. The summed E-state index contributed by atoms with van der Waals surface area (Å²) in [5.41, 5.74) is 0. The summed E-state index contributed by atoms with van der Waals surface area (Å²) in [5.74, 6) is -0.630. The lowest BCUT2D eigenvalue weighted by Gasteiger charge is -2.37. The maximum atomic E-state index is 9.31. The van der Waals surface area contributed by atoms with Crippen LogP contribution in [-0.2, 0) is 13.9 Å². The zero-order chi connectivity index (χ0) is 14.2. The first-order valence-corrected chi connectivity index (χ1v) is 9.50. The highest BCUT2D eigenvalue weighted by molar-refractivity contribution is 6.74. The molecule has 0 aliphatic carbocycles. The van der Waals surface area contributed by atoms with Crippen molar-refractivity contribution >= 4 is 8.32 Å². The van der Waals surface area contributed by atoms with E-state index in [1.807, 2.05) is 13.8 Å². The van der Waals surface area contributed by atoms with Gasteiger partial charge in [-0.15, -0.1) is 0 Å². The Hall–Kier alpha value is 0.0569. The van der Waals surface area contributed by atoms with E-state index in [0.717, 1.165) is 0 Å². The third-order valence-electron chi connectivity index (χ3n) is 3.88. The Balaban J connectivity index is 2.58. The Labute approximate surface area is 112 Å². The summed E-state index contributed by atoms with van der Waals surface area (Å²) in [6, 6.07) is 0. The zero-order valence-corrected chi connectivity index (χ0v) is 13.7. The molecule has 2 atom stereocenters. The Morgan fingerprint density at radius 2 is 1.67 bits per heavy atom. The number of ether oxygens (including phenoxy) is 2. The van der Waals surface area contributed by atoms with Gasteiger partial charge in [0.05, 0.1) is 13.2 Å². The fourth-order valence-corrected chi connectivity index (χ4v) is 2.73. The number of aliphatic hydroxyl groups excluding tert-OH is 1. The SMILES string of the molecule is CC1(C)O[C@H](CO)[C@@H](CO[Si](C)(C)C(C)(C)C)O1. The van der Waals surface area contributed by atoms with Gasteiger partial charge in [0, 0.05) is 0 Å². The van der Waals surface area contributed by atoms with Crippen molar-refractivity contribution in [3.05, 3.63) is 0 Å². The van der Waals surface area contributed by atoms with Gasteiger partial charge in [0.25, 0.3) is 0 Å². The van der Waals surface area contributed by atoms with Crippen molar-refractivity contribution in [3.63, 3.8) is 0 Å². The van der Waals surface area contributed by atoms with Crippen LogP contribution in [0, 0.1) is 0 Å². The van der Waals surface area contributed by atoms with E-state index in [1.165, 1.54) is 0 Å². The summed E-state index contributed by atoms with van der Waals surface area (Å²) in [7, 11) is -1.78. The van der Waals surface area contributed by atoms with Crippen molar-refractivity contribution in [3.8, 4) is 0 Å². The second kappa shape index (κ2) is 5.21. The van der Waals surface area contributed by atoms with Gasteiger partial charge in [0.15, 0.2) is 14.1 Å². The largest absolute Gasteiger partial charge is 0.414 e. The van der Waals surface area contributed by atoms with Crippen molar-refractivity contribution in [2.75, 3.05) is 13.2 Å². The van der Waals surface area contributed by atoms with Crippen LogP contribution in [0.1, 0.15) is 34.6 Å². The minimum atomic E-state index is -1.78. The zero-order valence-electron chi connectivity index (χ0n) is 12.7. The fraction of sp³-hybridized carbons (Fsp3) is 1.00. The fourth-order valence-electron chi connectivity index (χ4n) is 1.71. The average molecular weight is 276 g/mol. The molecule has 0 radical (unpaired) electrons.